The summed E-state index contributed by atoms with van der Waals surface area (Å²) in [6, 6.07) is 7.41. The molecular weight excluding hydrogens is 228 g/mol. The Kier molecular flexibility index (Phi) is 3.99. The number of hydrogen-bond acceptors (Lipinski definition) is 3. The van der Waals surface area contributed by atoms with Gasteiger partial charge in [-0.3, -0.25) is 4.68 Å². The zero-order valence-corrected chi connectivity index (χ0v) is 10.7. The van der Waals surface area contributed by atoms with E-state index in [1.165, 1.54) is 0 Å². The average molecular weight is 246 g/mol. The predicted octanol–water partition coefficient (Wildman–Crippen LogP) is 3.14. The van der Waals surface area contributed by atoms with E-state index in [-0.39, 0.29) is 0 Å². The highest BCUT2D eigenvalue weighted by Gasteiger charge is 2.03. The minimum absolute atomic E-state index is 0.452. The topological polar surface area (TPSA) is 47.3 Å². The van der Waals surface area contributed by atoms with Gasteiger partial charge in [-0.2, -0.15) is 5.10 Å². The van der Waals surface area contributed by atoms with E-state index < -0.39 is 6.10 Å². The third-order valence-electron chi connectivity index (χ3n) is 2.66. The first-order valence-corrected chi connectivity index (χ1v) is 6.17. The van der Waals surface area contributed by atoms with Crippen LogP contribution >= 0.6 is 0 Å². The van der Waals surface area contributed by atoms with Crippen LogP contribution in [-0.4, -0.2) is 14.9 Å². The van der Waals surface area contributed by atoms with Crippen molar-refractivity contribution in [2.45, 2.75) is 32.9 Å². The highest BCUT2D eigenvalue weighted by molar-refractivity contribution is 5.31. The first kappa shape index (κ1) is 12.6. The van der Waals surface area contributed by atoms with Crippen molar-refractivity contribution in [1.82, 2.24) is 9.78 Å². The van der Waals surface area contributed by atoms with Crippen molar-refractivity contribution < 1.29 is 9.84 Å². The molecule has 2 aromatic rings. The molecule has 18 heavy (non-hydrogen) atoms. The summed E-state index contributed by atoms with van der Waals surface area (Å²) in [7, 11) is 0. The predicted molar refractivity (Wildman–Crippen MR) is 69.7 cm³/mol. The van der Waals surface area contributed by atoms with E-state index in [1.54, 1.807) is 13.1 Å². The zero-order chi connectivity index (χ0) is 13.0. The molecule has 1 heterocycles. The van der Waals surface area contributed by atoms with Crippen molar-refractivity contribution in [3.63, 3.8) is 0 Å². The maximum atomic E-state index is 9.41. The van der Waals surface area contributed by atoms with Gasteiger partial charge < -0.3 is 9.84 Å². The molecule has 1 unspecified atom stereocenters. The standard InChI is InChI=1S/C14H18N2O2/c1-3-8-16-10-14(9-15-16)18-13-6-4-12(5-7-13)11(2)17/h4-7,9-11,17H,3,8H2,1-2H3. The maximum absolute atomic E-state index is 9.41. The second kappa shape index (κ2) is 5.69. The molecule has 1 atom stereocenters. The molecule has 4 nitrogen and oxygen atoms in total. The summed E-state index contributed by atoms with van der Waals surface area (Å²) < 4.78 is 7.54. The Hall–Kier alpha value is -1.81. The van der Waals surface area contributed by atoms with Gasteiger partial charge >= 0.3 is 0 Å². The number of aliphatic hydroxyl groups excluding tert-OH is 1. The Morgan fingerprint density at radius 2 is 2.00 bits per heavy atom. The van der Waals surface area contributed by atoms with E-state index in [2.05, 4.69) is 12.0 Å². The van der Waals surface area contributed by atoms with Crippen LogP contribution in [0.4, 0.5) is 0 Å². The number of aromatic nitrogens is 2. The van der Waals surface area contributed by atoms with E-state index in [0.29, 0.717) is 0 Å². The minimum Gasteiger partial charge on any atom is -0.454 e. The quantitative estimate of drug-likeness (QED) is 0.881. The SMILES string of the molecule is CCCn1cc(Oc2ccc(C(C)O)cc2)cn1. The van der Waals surface area contributed by atoms with E-state index in [0.717, 1.165) is 30.0 Å². The van der Waals surface area contributed by atoms with Crippen molar-refractivity contribution in [2.75, 3.05) is 0 Å². The number of hydrogen-bond donors (Lipinski definition) is 1. The van der Waals surface area contributed by atoms with E-state index in [4.69, 9.17) is 4.74 Å². The number of benzene rings is 1. The molecule has 0 saturated heterocycles. The van der Waals surface area contributed by atoms with Crippen LogP contribution in [0.3, 0.4) is 0 Å². The number of ether oxygens (including phenoxy) is 1. The molecule has 0 aliphatic heterocycles. The third kappa shape index (κ3) is 3.11. The summed E-state index contributed by atoms with van der Waals surface area (Å²) in [5.74, 6) is 1.48. The lowest BCUT2D eigenvalue weighted by Gasteiger charge is -2.06. The molecule has 0 radical (unpaired) electrons. The summed E-state index contributed by atoms with van der Waals surface area (Å²) in [6.45, 7) is 4.74. The number of nitrogens with zero attached hydrogens (tertiary/aromatic N) is 2. The molecule has 1 aromatic heterocycles. The van der Waals surface area contributed by atoms with Gasteiger partial charge in [0, 0.05) is 6.54 Å². The molecule has 96 valence electrons. The van der Waals surface area contributed by atoms with E-state index >= 15 is 0 Å². The van der Waals surface area contributed by atoms with Crippen LogP contribution < -0.4 is 4.74 Å². The number of rotatable bonds is 5. The van der Waals surface area contributed by atoms with Gasteiger partial charge in [-0.05, 0) is 31.0 Å². The average Bonchev–Trinajstić information content (AvgIpc) is 2.78. The highest BCUT2D eigenvalue weighted by atomic mass is 16.5. The van der Waals surface area contributed by atoms with Crippen LogP contribution in [0, 0.1) is 0 Å². The van der Waals surface area contributed by atoms with Crippen molar-refractivity contribution >= 4 is 0 Å². The van der Waals surface area contributed by atoms with Crippen molar-refractivity contribution in [1.29, 1.82) is 0 Å². The van der Waals surface area contributed by atoms with Gasteiger partial charge in [0.1, 0.15) is 5.75 Å². The van der Waals surface area contributed by atoms with Gasteiger partial charge in [-0.25, -0.2) is 0 Å². The Bertz CT molecular complexity index is 489. The van der Waals surface area contributed by atoms with Gasteiger partial charge in [0.15, 0.2) is 5.75 Å². The normalized spacial score (nSPS) is 12.4. The van der Waals surface area contributed by atoms with Crippen molar-refractivity contribution in [3.8, 4) is 11.5 Å². The van der Waals surface area contributed by atoms with Crippen molar-refractivity contribution in [3.05, 3.63) is 42.2 Å². The van der Waals surface area contributed by atoms with Gasteiger partial charge in [0.25, 0.3) is 0 Å². The molecule has 1 aromatic carbocycles. The fraction of sp³-hybridized carbons (Fsp3) is 0.357. The lowest BCUT2D eigenvalue weighted by Crippen LogP contribution is -1.95. The Labute approximate surface area is 107 Å². The van der Waals surface area contributed by atoms with Crippen LogP contribution in [0.5, 0.6) is 11.5 Å². The fourth-order valence-corrected chi connectivity index (χ4v) is 1.70. The maximum Gasteiger partial charge on any atom is 0.165 e. The third-order valence-corrected chi connectivity index (χ3v) is 2.66. The smallest absolute Gasteiger partial charge is 0.165 e. The van der Waals surface area contributed by atoms with E-state index in [1.807, 2.05) is 35.1 Å². The first-order chi connectivity index (χ1) is 8.69. The Morgan fingerprint density at radius 3 is 2.61 bits per heavy atom. The van der Waals surface area contributed by atoms with Gasteiger partial charge in [-0.1, -0.05) is 19.1 Å². The summed E-state index contributed by atoms with van der Waals surface area (Å²) >= 11 is 0. The second-order valence-electron chi connectivity index (χ2n) is 4.29. The fourth-order valence-electron chi connectivity index (χ4n) is 1.70. The minimum atomic E-state index is -0.452. The zero-order valence-electron chi connectivity index (χ0n) is 10.7. The van der Waals surface area contributed by atoms with Crippen LogP contribution in [0.1, 0.15) is 31.9 Å². The molecule has 0 saturated carbocycles. The molecule has 0 spiro atoms. The van der Waals surface area contributed by atoms with Crippen LogP contribution in [-0.2, 0) is 6.54 Å². The largest absolute Gasteiger partial charge is 0.454 e. The van der Waals surface area contributed by atoms with Crippen molar-refractivity contribution in [2.24, 2.45) is 0 Å². The molecule has 0 bridgehead atoms. The van der Waals surface area contributed by atoms with Gasteiger partial charge in [0.05, 0.1) is 18.5 Å². The number of aryl methyl sites for hydroxylation is 1. The Balaban J connectivity index is 2.03. The molecule has 4 heteroatoms. The molecule has 0 aliphatic rings. The second-order valence-corrected chi connectivity index (χ2v) is 4.29. The molecule has 0 fully saturated rings. The molecule has 2 rings (SSSR count). The molecular formula is C14H18N2O2. The van der Waals surface area contributed by atoms with Crippen LogP contribution in [0.25, 0.3) is 0 Å². The Morgan fingerprint density at radius 1 is 1.28 bits per heavy atom. The van der Waals surface area contributed by atoms with Gasteiger partial charge in [-0.15, -0.1) is 0 Å². The highest BCUT2D eigenvalue weighted by Crippen LogP contribution is 2.22. The lowest BCUT2D eigenvalue weighted by molar-refractivity contribution is 0.199. The number of aliphatic hydroxyl groups is 1. The monoisotopic (exact) mass is 246 g/mol. The van der Waals surface area contributed by atoms with Gasteiger partial charge in [0.2, 0.25) is 0 Å². The molecule has 0 aliphatic carbocycles. The van der Waals surface area contributed by atoms with Crippen LogP contribution in [0.2, 0.25) is 0 Å². The molecule has 1 N–H and O–H groups in total. The van der Waals surface area contributed by atoms with Crippen LogP contribution in [0.15, 0.2) is 36.7 Å². The van der Waals surface area contributed by atoms with E-state index in [9.17, 15) is 5.11 Å². The molecule has 0 amide bonds. The lowest BCUT2D eigenvalue weighted by atomic mass is 10.1. The summed E-state index contributed by atoms with van der Waals surface area (Å²) in [4.78, 5) is 0. The summed E-state index contributed by atoms with van der Waals surface area (Å²) in [5.41, 5.74) is 0.879. The summed E-state index contributed by atoms with van der Waals surface area (Å²) in [6.07, 6.45) is 4.18. The first-order valence-electron chi connectivity index (χ1n) is 6.17. The summed E-state index contributed by atoms with van der Waals surface area (Å²) in [5, 5.41) is 13.6.